The van der Waals surface area contributed by atoms with Gasteiger partial charge in [0.25, 0.3) is 5.56 Å². The number of H-pyrrole nitrogens is 1. The lowest BCUT2D eigenvalue weighted by Crippen LogP contribution is -2.09. The predicted molar refractivity (Wildman–Crippen MR) is 96.9 cm³/mol. The Labute approximate surface area is 139 Å². The van der Waals surface area contributed by atoms with Gasteiger partial charge in [-0.1, -0.05) is 6.07 Å². The van der Waals surface area contributed by atoms with Crippen molar-refractivity contribution in [3.05, 3.63) is 39.5 Å². The SMILES string of the molecule is CN(C)Cc1cc2c([nH]c(=O)c3cccc(OCI)c32)s1. The van der Waals surface area contributed by atoms with E-state index in [1.54, 1.807) is 11.3 Å². The minimum absolute atomic E-state index is 0.0605. The molecular weight excluding hydrogens is 399 g/mol. The topological polar surface area (TPSA) is 45.3 Å². The van der Waals surface area contributed by atoms with Crippen LogP contribution in [0, 0.1) is 0 Å². The van der Waals surface area contributed by atoms with Crippen molar-refractivity contribution >= 4 is 54.9 Å². The number of ether oxygens (including phenoxy) is 1. The monoisotopic (exact) mass is 414 g/mol. The van der Waals surface area contributed by atoms with E-state index in [0.717, 1.165) is 27.9 Å². The van der Waals surface area contributed by atoms with Crippen LogP contribution in [-0.2, 0) is 6.54 Å². The minimum Gasteiger partial charge on any atom is -0.483 e. The molecule has 0 bridgehead atoms. The van der Waals surface area contributed by atoms with Crippen LogP contribution in [0.4, 0.5) is 0 Å². The largest absolute Gasteiger partial charge is 0.483 e. The fourth-order valence-corrected chi connectivity index (χ4v) is 3.97. The molecule has 110 valence electrons. The van der Waals surface area contributed by atoms with Gasteiger partial charge in [-0.05, 0) is 54.9 Å². The highest BCUT2D eigenvalue weighted by molar-refractivity contribution is 14.1. The smallest absolute Gasteiger partial charge is 0.257 e. The number of fused-ring (bicyclic) bond motifs is 3. The molecule has 21 heavy (non-hydrogen) atoms. The molecule has 1 aromatic carbocycles. The van der Waals surface area contributed by atoms with Crippen molar-refractivity contribution in [2.24, 2.45) is 0 Å². The third-order valence-electron chi connectivity index (χ3n) is 3.23. The molecule has 3 aromatic rings. The first-order valence-corrected chi connectivity index (χ1v) is 8.85. The lowest BCUT2D eigenvalue weighted by Gasteiger charge is -2.07. The molecule has 0 atom stereocenters. The number of alkyl halides is 1. The number of benzene rings is 1. The number of halogens is 1. The molecular formula is C15H15IN2O2S. The van der Waals surface area contributed by atoms with E-state index in [-0.39, 0.29) is 5.56 Å². The van der Waals surface area contributed by atoms with Gasteiger partial charge >= 0.3 is 0 Å². The summed E-state index contributed by atoms with van der Waals surface area (Å²) in [5.41, 5.74) is -0.0605. The number of nitrogens with zero attached hydrogens (tertiary/aromatic N) is 1. The molecule has 0 radical (unpaired) electrons. The minimum atomic E-state index is -0.0605. The molecule has 0 amide bonds. The molecule has 0 unspecified atom stereocenters. The number of hydrogen-bond donors (Lipinski definition) is 1. The van der Waals surface area contributed by atoms with Gasteiger partial charge < -0.3 is 14.6 Å². The first kappa shape index (κ1) is 14.8. The maximum atomic E-state index is 12.3. The second-order valence-electron chi connectivity index (χ2n) is 5.08. The maximum absolute atomic E-state index is 12.3. The zero-order valence-electron chi connectivity index (χ0n) is 11.8. The van der Waals surface area contributed by atoms with Crippen LogP contribution in [0.1, 0.15) is 4.88 Å². The van der Waals surface area contributed by atoms with Crippen LogP contribution in [0.3, 0.4) is 0 Å². The Hall–Kier alpha value is -1.12. The molecule has 2 heterocycles. The van der Waals surface area contributed by atoms with Crippen LogP contribution in [0.25, 0.3) is 21.0 Å². The summed E-state index contributed by atoms with van der Waals surface area (Å²) >= 11 is 3.79. The third-order valence-corrected chi connectivity index (χ3v) is 4.58. The van der Waals surface area contributed by atoms with Gasteiger partial charge in [0.05, 0.1) is 5.39 Å². The zero-order chi connectivity index (χ0) is 15.0. The average Bonchev–Trinajstić information content (AvgIpc) is 2.80. The van der Waals surface area contributed by atoms with E-state index >= 15 is 0 Å². The van der Waals surface area contributed by atoms with Gasteiger partial charge in [-0.25, -0.2) is 0 Å². The summed E-state index contributed by atoms with van der Waals surface area (Å²) in [4.78, 5) is 19.5. The molecule has 0 saturated carbocycles. The van der Waals surface area contributed by atoms with Crippen molar-refractivity contribution in [1.29, 1.82) is 0 Å². The van der Waals surface area contributed by atoms with Gasteiger partial charge in [0.1, 0.15) is 15.2 Å². The van der Waals surface area contributed by atoms with E-state index in [2.05, 4.69) is 38.5 Å². The van der Waals surface area contributed by atoms with Gasteiger partial charge in [0, 0.05) is 22.2 Å². The molecule has 0 aliphatic rings. The number of aromatic amines is 1. The van der Waals surface area contributed by atoms with Crippen molar-refractivity contribution < 1.29 is 4.74 Å². The number of nitrogens with one attached hydrogen (secondary N) is 1. The Morgan fingerprint density at radius 2 is 2.14 bits per heavy atom. The van der Waals surface area contributed by atoms with Crippen LogP contribution in [0.2, 0.25) is 0 Å². The van der Waals surface area contributed by atoms with Gasteiger partial charge in [0.2, 0.25) is 0 Å². The van der Waals surface area contributed by atoms with Gasteiger partial charge in [0.15, 0.2) is 0 Å². The molecule has 0 saturated heterocycles. The first-order chi connectivity index (χ1) is 10.1. The van der Waals surface area contributed by atoms with Crippen LogP contribution in [-0.4, -0.2) is 28.6 Å². The Bertz CT molecular complexity index is 854. The first-order valence-electron chi connectivity index (χ1n) is 6.51. The van der Waals surface area contributed by atoms with E-state index in [1.165, 1.54) is 4.88 Å². The Morgan fingerprint density at radius 1 is 1.33 bits per heavy atom. The lowest BCUT2D eigenvalue weighted by atomic mass is 10.1. The molecule has 3 rings (SSSR count). The number of hydrogen-bond acceptors (Lipinski definition) is 4. The van der Waals surface area contributed by atoms with Gasteiger partial charge in [-0.3, -0.25) is 4.79 Å². The van der Waals surface area contributed by atoms with E-state index in [4.69, 9.17) is 4.74 Å². The number of aromatic nitrogens is 1. The van der Waals surface area contributed by atoms with Gasteiger partial charge in [-0.2, -0.15) is 0 Å². The fraction of sp³-hybridized carbons (Fsp3) is 0.267. The van der Waals surface area contributed by atoms with Crippen LogP contribution < -0.4 is 10.3 Å². The Morgan fingerprint density at radius 3 is 2.86 bits per heavy atom. The highest BCUT2D eigenvalue weighted by Crippen LogP contribution is 2.34. The van der Waals surface area contributed by atoms with Crippen LogP contribution in [0.15, 0.2) is 29.1 Å². The highest BCUT2D eigenvalue weighted by atomic mass is 127. The van der Waals surface area contributed by atoms with E-state index in [9.17, 15) is 4.79 Å². The second kappa shape index (κ2) is 5.94. The van der Waals surface area contributed by atoms with E-state index in [0.29, 0.717) is 10.00 Å². The summed E-state index contributed by atoms with van der Waals surface area (Å²) in [7, 11) is 4.08. The molecule has 2 aromatic heterocycles. The summed E-state index contributed by atoms with van der Waals surface area (Å²) < 4.78 is 6.26. The fourth-order valence-electron chi connectivity index (χ4n) is 2.46. The maximum Gasteiger partial charge on any atom is 0.257 e. The number of rotatable bonds is 4. The van der Waals surface area contributed by atoms with E-state index in [1.807, 2.05) is 32.3 Å². The molecule has 4 nitrogen and oxygen atoms in total. The standard InChI is InChI=1S/C15H15IN2O2S/c1-18(2)7-9-6-11-13-10(14(19)17-15(11)21-9)4-3-5-12(13)20-8-16/h3-6H,7-8H2,1-2H3,(H,17,19). The van der Waals surface area contributed by atoms with Crippen molar-refractivity contribution in [3.63, 3.8) is 0 Å². The second-order valence-corrected chi connectivity index (χ2v) is 6.84. The normalized spacial score (nSPS) is 11.6. The summed E-state index contributed by atoms with van der Waals surface area (Å²) in [6.45, 7) is 0.859. The Balaban J connectivity index is 2.34. The highest BCUT2D eigenvalue weighted by Gasteiger charge is 2.13. The van der Waals surface area contributed by atoms with Gasteiger partial charge in [-0.15, -0.1) is 11.3 Å². The van der Waals surface area contributed by atoms with Crippen molar-refractivity contribution in [2.75, 3.05) is 18.7 Å². The number of pyridine rings is 1. The quantitative estimate of drug-likeness (QED) is 0.525. The molecule has 0 spiro atoms. The molecule has 6 heteroatoms. The molecule has 0 fully saturated rings. The van der Waals surface area contributed by atoms with Crippen LogP contribution >= 0.6 is 33.9 Å². The molecule has 0 aliphatic carbocycles. The van der Waals surface area contributed by atoms with Crippen molar-refractivity contribution in [2.45, 2.75) is 6.54 Å². The molecule has 0 aliphatic heterocycles. The zero-order valence-corrected chi connectivity index (χ0v) is 14.7. The summed E-state index contributed by atoms with van der Waals surface area (Å²) in [5.74, 6) is 0.771. The lowest BCUT2D eigenvalue weighted by molar-refractivity contribution is 0.406. The van der Waals surface area contributed by atoms with Crippen molar-refractivity contribution in [3.8, 4) is 5.75 Å². The predicted octanol–water partition coefficient (Wildman–Crippen LogP) is 3.58. The third kappa shape index (κ3) is 2.79. The average molecular weight is 414 g/mol. The summed E-state index contributed by atoms with van der Waals surface area (Å²) in [5, 5.41) is 2.65. The summed E-state index contributed by atoms with van der Waals surface area (Å²) in [6.07, 6.45) is 0. The van der Waals surface area contributed by atoms with Crippen LogP contribution in [0.5, 0.6) is 5.75 Å². The number of thiophene rings is 1. The molecule has 1 N–H and O–H groups in total. The Kier molecular flexibility index (Phi) is 4.19. The van der Waals surface area contributed by atoms with Crippen molar-refractivity contribution in [1.82, 2.24) is 9.88 Å². The summed E-state index contributed by atoms with van der Waals surface area (Å²) in [6, 6.07) is 7.77. The van der Waals surface area contributed by atoms with E-state index < -0.39 is 0 Å².